The molecule has 1 aromatic heterocycles. The summed E-state index contributed by atoms with van der Waals surface area (Å²) in [5, 5.41) is 6.85. The average Bonchev–Trinajstić information content (AvgIpc) is 3.98. The van der Waals surface area contributed by atoms with Crippen LogP contribution in [0.15, 0.2) is 43.1 Å². The maximum absolute atomic E-state index is 14.6. The highest BCUT2D eigenvalue weighted by Gasteiger charge is 2.62. The summed E-state index contributed by atoms with van der Waals surface area (Å²) in [5.41, 5.74) is -0.720. The first-order valence-electron chi connectivity index (χ1n) is 18.6. The van der Waals surface area contributed by atoms with E-state index in [0.29, 0.717) is 18.7 Å². The molecule has 0 spiro atoms. The van der Waals surface area contributed by atoms with Gasteiger partial charge in [-0.25, -0.2) is 18.2 Å². The molecule has 4 fully saturated rings. The number of aromatic nitrogens is 1. The first-order valence-corrected chi connectivity index (χ1v) is 20.1. The van der Waals surface area contributed by atoms with Gasteiger partial charge < -0.3 is 25.0 Å². The van der Waals surface area contributed by atoms with Gasteiger partial charge in [0.25, 0.3) is 5.91 Å². The van der Waals surface area contributed by atoms with Gasteiger partial charge in [0.15, 0.2) is 0 Å². The molecule has 1 unspecified atom stereocenters. The third kappa shape index (κ3) is 7.49. The van der Waals surface area contributed by atoms with Gasteiger partial charge in [0.05, 0.1) is 18.4 Å². The number of hydrogen-bond donors (Lipinski definition) is 3. The van der Waals surface area contributed by atoms with Crippen molar-refractivity contribution in [3.8, 4) is 5.88 Å². The number of amides is 4. The van der Waals surface area contributed by atoms with Gasteiger partial charge in [-0.1, -0.05) is 44.9 Å². The summed E-state index contributed by atoms with van der Waals surface area (Å²) in [4.78, 5) is 61.8. The lowest BCUT2D eigenvalue weighted by atomic mass is 9.87. The van der Waals surface area contributed by atoms with Crippen LogP contribution in [-0.2, 0) is 35.6 Å². The van der Waals surface area contributed by atoms with Crippen molar-refractivity contribution in [2.45, 2.75) is 113 Å². The van der Waals surface area contributed by atoms with Crippen LogP contribution in [0.1, 0.15) is 83.6 Å². The molecule has 5 atom stereocenters. The second-order valence-corrected chi connectivity index (χ2v) is 18.1. The number of carbonyl (C=O) groups excluding carboxylic acids is 4. The molecule has 2 aromatic rings. The Kier molecular flexibility index (Phi) is 9.72. The summed E-state index contributed by atoms with van der Waals surface area (Å²) in [6.45, 7) is 8.09. The van der Waals surface area contributed by atoms with Crippen LogP contribution < -0.4 is 20.1 Å². The Morgan fingerprint density at radius 1 is 1.10 bits per heavy atom. The van der Waals surface area contributed by atoms with Gasteiger partial charge in [-0.15, -0.1) is 6.58 Å². The van der Waals surface area contributed by atoms with Crippen molar-refractivity contribution in [2.24, 2.45) is 17.3 Å². The maximum atomic E-state index is 14.6. The zero-order valence-corrected chi connectivity index (χ0v) is 30.7. The van der Waals surface area contributed by atoms with Crippen molar-refractivity contribution in [2.75, 3.05) is 13.2 Å². The molecule has 3 saturated carbocycles. The molecule has 14 heteroatoms. The maximum Gasteiger partial charge on any atom is 0.407 e. The SMILES string of the molecule is C=C[C@@H]1CC1(NC(=O)[C@@H]1C[C@@H]2CN1C(=O)[C@H](C1CCCC1)NC(=O)OCC(C)(C)CCCc1ccc3ccnc(c3c1)O2)C(=O)NS(=O)(=O)C1CC1. The molecular weight excluding hydrogens is 687 g/mol. The van der Waals surface area contributed by atoms with E-state index in [2.05, 4.69) is 39.1 Å². The minimum atomic E-state index is -3.88. The molecule has 3 aliphatic carbocycles. The number of ether oxygens (including phenoxy) is 2. The standard InChI is InChI=1S/C38H49N5O8S/c1-4-26-20-38(26,35(46)42-52(48,49)28-13-14-28)41-32(44)30-19-27-21-43(30)34(45)31(25-9-5-6-10-25)40-36(47)50-22-37(2,3)16-7-8-23-11-12-24-15-17-39-33(51-27)29(24)18-23/h4,11-12,15,17-18,25-28,30-31H,1,5-10,13-14,16,19-22H2,2-3H3,(H,40,47)(H,41,44)(H,42,46)/t26-,27-,30+,31+,38?/m1/s1. The van der Waals surface area contributed by atoms with Gasteiger partial charge in [-0.05, 0) is 85.8 Å². The minimum absolute atomic E-state index is 0.0296. The number of fused-ring (bicyclic) bond motifs is 3. The lowest BCUT2D eigenvalue weighted by molar-refractivity contribution is -0.142. The van der Waals surface area contributed by atoms with E-state index in [0.717, 1.165) is 61.3 Å². The zero-order chi connectivity index (χ0) is 36.8. The van der Waals surface area contributed by atoms with E-state index in [1.807, 2.05) is 26.0 Å². The monoisotopic (exact) mass is 735 g/mol. The number of benzene rings is 1. The Bertz CT molecular complexity index is 1870. The van der Waals surface area contributed by atoms with Gasteiger partial charge >= 0.3 is 6.09 Å². The zero-order valence-electron chi connectivity index (χ0n) is 29.9. The Labute approximate surface area is 304 Å². The lowest BCUT2D eigenvalue weighted by Gasteiger charge is -2.32. The lowest BCUT2D eigenvalue weighted by Crippen LogP contribution is -2.59. The number of nitrogens with one attached hydrogen (secondary N) is 3. The molecule has 13 nitrogen and oxygen atoms in total. The van der Waals surface area contributed by atoms with Gasteiger partial charge in [-0.2, -0.15) is 0 Å². The number of hydrogen-bond acceptors (Lipinski definition) is 9. The van der Waals surface area contributed by atoms with Gasteiger partial charge in [0.2, 0.25) is 27.7 Å². The number of carbonyl (C=O) groups is 4. The van der Waals surface area contributed by atoms with Crippen molar-refractivity contribution >= 4 is 44.6 Å². The molecule has 2 aliphatic heterocycles. The summed E-state index contributed by atoms with van der Waals surface area (Å²) in [5.74, 6) is -2.12. The predicted molar refractivity (Wildman–Crippen MR) is 192 cm³/mol. The highest BCUT2D eigenvalue weighted by Crippen LogP contribution is 2.45. The molecule has 3 N–H and O–H groups in total. The molecule has 4 bridgehead atoms. The Balaban J connectivity index is 1.21. The Morgan fingerprint density at radius 2 is 1.87 bits per heavy atom. The van der Waals surface area contributed by atoms with Crippen LogP contribution in [0.5, 0.6) is 5.88 Å². The first kappa shape index (κ1) is 36.2. The van der Waals surface area contributed by atoms with Crippen molar-refractivity contribution in [3.05, 3.63) is 48.7 Å². The fourth-order valence-electron chi connectivity index (χ4n) is 8.11. The summed E-state index contributed by atoms with van der Waals surface area (Å²) in [6.07, 6.45) is 8.84. The van der Waals surface area contributed by atoms with E-state index in [4.69, 9.17) is 9.47 Å². The van der Waals surface area contributed by atoms with E-state index in [-0.39, 0.29) is 37.3 Å². The van der Waals surface area contributed by atoms with Gasteiger partial charge in [0.1, 0.15) is 23.7 Å². The van der Waals surface area contributed by atoms with E-state index in [9.17, 15) is 27.6 Å². The molecule has 5 aliphatic rings. The molecule has 3 heterocycles. The molecule has 0 radical (unpaired) electrons. The van der Waals surface area contributed by atoms with Crippen LogP contribution >= 0.6 is 0 Å². The topological polar surface area (TPSA) is 173 Å². The van der Waals surface area contributed by atoms with Crippen LogP contribution in [0.25, 0.3) is 10.8 Å². The van der Waals surface area contributed by atoms with E-state index in [1.54, 1.807) is 6.20 Å². The molecular formula is C38H49N5O8S. The largest absolute Gasteiger partial charge is 0.472 e. The predicted octanol–water partition coefficient (Wildman–Crippen LogP) is 3.90. The van der Waals surface area contributed by atoms with Crippen LogP contribution in [-0.4, -0.2) is 84.2 Å². The number of alkyl carbamates (subject to hydrolysis) is 1. The first-order chi connectivity index (χ1) is 24.8. The van der Waals surface area contributed by atoms with Crippen molar-refractivity contribution < 1.29 is 37.1 Å². The van der Waals surface area contributed by atoms with Crippen molar-refractivity contribution in [1.82, 2.24) is 25.2 Å². The van der Waals surface area contributed by atoms with Gasteiger partial charge in [0, 0.05) is 23.9 Å². The van der Waals surface area contributed by atoms with E-state index >= 15 is 0 Å². The Morgan fingerprint density at radius 3 is 2.58 bits per heavy atom. The molecule has 52 heavy (non-hydrogen) atoms. The number of pyridine rings is 1. The van der Waals surface area contributed by atoms with Crippen molar-refractivity contribution in [1.29, 1.82) is 0 Å². The number of nitrogens with zero attached hydrogens (tertiary/aromatic N) is 2. The molecule has 1 aromatic carbocycles. The number of aryl methyl sites for hydroxylation is 1. The number of sulfonamides is 1. The number of cyclic esters (lactones) is 1. The highest BCUT2D eigenvalue weighted by atomic mass is 32.2. The Hall–Kier alpha value is -4.20. The third-order valence-corrected chi connectivity index (χ3v) is 13.3. The van der Waals surface area contributed by atoms with E-state index < -0.39 is 68.7 Å². The second kappa shape index (κ2) is 14.0. The fourth-order valence-corrected chi connectivity index (χ4v) is 9.48. The van der Waals surface area contributed by atoms with E-state index in [1.165, 1.54) is 11.0 Å². The molecule has 280 valence electrons. The minimum Gasteiger partial charge on any atom is -0.472 e. The molecule has 4 amide bonds. The van der Waals surface area contributed by atoms with Crippen LogP contribution in [0.3, 0.4) is 0 Å². The highest BCUT2D eigenvalue weighted by molar-refractivity contribution is 7.91. The van der Waals surface area contributed by atoms with Crippen LogP contribution in [0, 0.1) is 17.3 Å². The summed E-state index contributed by atoms with van der Waals surface area (Å²) >= 11 is 0. The quantitative estimate of drug-likeness (QED) is 0.357. The molecule has 1 saturated heterocycles. The van der Waals surface area contributed by atoms with Crippen LogP contribution in [0.4, 0.5) is 4.79 Å². The van der Waals surface area contributed by atoms with Crippen LogP contribution in [0.2, 0.25) is 0 Å². The fraction of sp³-hybridized carbons (Fsp3) is 0.605. The summed E-state index contributed by atoms with van der Waals surface area (Å²) < 4.78 is 39.8. The third-order valence-electron chi connectivity index (χ3n) is 11.5. The number of rotatable bonds is 7. The smallest absolute Gasteiger partial charge is 0.407 e. The summed E-state index contributed by atoms with van der Waals surface area (Å²) in [7, 11) is -3.88. The van der Waals surface area contributed by atoms with Gasteiger partial charge in [-0.3, -0.25) is 19.1 Å². The second-order valence-electron chi connectivity index (χ2n) is 16.1. The van der Waals surface area contributed by atoms with Crippen molar-refractivity contribution in [3.63, 3.8) is 0 Å². The molecule has 7 rings (SSSR count). The summed E-state index contributed by atoms with van der Waals surface area (Å²) in [6, 6.07) is 6.07. The normalized spacial score (nSPS) is 29.7. The average molecular weight is 736 g/mol.